The Kier molecular flexibility index (Phi) is 10.6. The van der Waals surface area contributed by atoms with Crippen LogP contribution in [0.1, 0.15) is 111 Å². The summed E-state index contributed by atoms with van der Waals surface area (Å²) < 4.78 is 5.81. The Labute approximate surface area is 139 Å². The molecule has 0 aromatic rings. The van der Waals surface area contributed by atoms with E-state index in [-0.39, 0.29) is 5.60 Å². The Bertz CT molecular complexity index is 296. The largest absolute Gasteiger partial charge is 0.473 e. The third-order valence-corrected chi connectivity index (χ3v) is 4.52. The monoisotopic (exact) mass is 309 g/mol. The molecule has 0 aliphatic carbocycles. The van der Waals surface area contributed by atoms with E-state index in [0.717, 1.165) is 18.9 Å². The maximum absolute atomic E-state index is 5.81. The Hall–Kier alpha value is -0.530. The van der Waals surface area contributed by atoms with Crippen molar-refractivity contribution in [2.24, 2.45) is 4.99 Å². The van der Waals surface area contributed by atoms with Gasteiger partial charge in [-0.1, -0.05) is 84.0 Å². The summed E-state index contributed by atoms with van der Waals surface area (Å²) in [7, 11) is 0. The summed E-state index contributed by atoms with van der Waals surface area (Å²) >= 11 is 0. The van der Waals surface area contributed by atoms with Gasteiger partial charge < -0.3 is 4.74 Å². The molecule has 0 amide bonds. The van der Waals surface area contributed by atoms with Crippen molar-refractivity contribution in [2.45, 2.75) is 116 Å². The van der Waals surface area contributed by atoms with Gasteiger partial charge in [0.25, 0.3) is 0 Å². The molecule has 22 heavy (non-hydrogen) atoms. The zero-order valence-corrected chi connectivity index (χ0v) is 15.5. The van der Waals surface area contributed by atoms with Gasteiger partial charge in [0.1, 0.15) is 5.60 Å². The predicted molar refractivity (Wildman–Crippen MR) is 97.8 cm³/mol. The van der Waals surface area contributed by atoms with E-state index in [1.165, 1.54) is 83.5 Å². The molecule has 1 aliphatic rings. The summed E-state index contributed by atoms with van der Waals surface area (Å²) in [6, 6.07) is 0. The first-order valence-corrected chi connectivity index (χ1v) is 9.86. The lowest BCUT2D eigenvalue weighted by Crippen LogP contribution is -2.24. The van der Waals surface area contributed by atoms with Crippen LogP contribution in [0.5, 0.6) is 0 Å². The van der Waals surface area contributed by atoms with E-state index in [1.54, 1.807) is 0 Å². The number of ether oxygens (including phenoxy) is 1. The van der Waals surface area contributed by atoms with Crippen molar-refractivity contribution >= 4 is 5.90 Å². The second kappa shape index (κ2) is 12.0. The second-order valence-electron chi connectivity index (χ2n) is 7.56. The molecule has 0 spiro atoms. The zero-order chi connectivity index (χ0) is 16.1. The third kappa shape index (κ3) is 10.2. The van der Waals surface area contributed by atoms with Crippen molar-refractivity contribution in [1.82, 2.24) is 0 Å². The topological polar surface area (TPSA) is 21.6 Å². The van der Waals surface area contributed by atoms with Crippen molar-refractivity contribution in [3.8, 4) is 0 Å². The Balaban J connectivity index is 1.75. The van der Waals surface area contributed by atoms with Crippen LogP contribution in [0.15, 0.2) is 4.99 Å². The molecular weight excluding hydrogens is 270 g/mol. The molecule has 2 nitrogen and oxygen atoms in total. The number of hydrogen-bond acceptors (Lipinski definition) is 2. The zero-order valence-electron chi connectivity index (χ0n) is 15.5. The van der Waals surface area contributed by atoms with Gasteiger partial charge in [-0.2, -0.15) is 0 Å². The number of nitrogens with zero attached hydrogens (tertiary/aromatic N) is 1. The molecule has 1 aliphatic heterocycles. The van der Waals surface area contributed by atoms with E-state index < -0.39 is 0 Å². The molecule has 1 heterocycles. The molecule has 0 fully saturated rings. The number of hydrogen-bond donors (Lipinski definition) is 0. The van der Waals surface area contributed by atoms with Crippen LogP contribution in [0, 0.1) is 0 Å². The maximum atomic E-state index is 5.81. The van der Waals surface area contributed by atoms with Gasteiger partial charge in [0.05, 0.1) is 6.54 Å². The normalized spacial score (nSPS) is 16.6. The molecule has 1 rings (SSSR count). The highest BCUT2D eigenvalue weighted by atomic mass is 16.5. The first kappa shape index (κ1) is 19.5. The van der Waals surface area contributed by atoms with E-state index in [0.29, 0.717) is 0 Å². The fraction of sp³-hybridized carbons (Fsp3) is 0.950. The molecule has 0 saturated heterocycles. The van der Waals surface area contributed by atoms with Crippen LogP contribution in [0.25, 0.3) is 0 Å². The van der Waals surface area contributed by atoms with Crippen LogP contribution in [0.4, 0.5) is 0 Å². The summed E-state index contributed by atoms with van der Waals surface area (Å²) in [5, 5.41) is 0. The molecule has 0 saturated carbocycles. The van der Waals surface area contributed by atoms with Gasteiger partial charge >= 0.3 is 0 Å². The maximum Gasteiger partial charge on any atom is 0.184 e. The minimum absolute atomic E-state index is 0.0497. The van der Waals surface area contributed by atoms with Gasteiger partial charge in [0.15, 0.2) is 5.90 Å². The molecule has 0 aromatic heterocycles. The summed E-state index contributed by atoms with van der Waals surface area (Å²) in [6.07, 6.45) is 19.3. The summed E-state index contributed by atoms with van der Waals surface area (Å²) in [6.45, 7) is 7.36. The first-order valence-electron chi connectivity index (χ1n) is 9.86. The first-order chi connectivity index (χ1) is 10.6. The molecule has 2 heteroatoms. The van der Waals surface area contributed by atoms with Crippen LogP contribution in [-0.4, -0.2) is 18.0 Å². The smallest absolute Gasteiger partial charge is 0.184 e. The van der Waals surface area contributed by atoms with E-state index in [1.807, 2.05) is 0 Å². The van der Waals surface area contributed by atoms with Gasteiger partial charge in [0, 0.05) is 6.42 Å². The number of unbranched alkanes of at least 4 members (excludes halogenated alkanes) is 12. The van der Waals surface area contributed by atoms with Crippen molar-refractivity contribution in [3.63, 3.8) is 0 Å². The average molecular weight is 310 g/mol. The Morgan fingerprint density at radius 3 is 1.64 bits per heavy atom. The Morgan fingerprint density at radius 1 is 0.773 bits per heavy atom. The lowest BCUT2D eigenvalue weighted by atomic mass is 10.0. The highest BCUT2D eigenvalue weighted by Crippen LogP contribution is 2.20. The summed E-state index contributed by atoms with van der Waals surface area (Å²) in [4.78, 5) is 4.48. The van der Waals surface area contributed by atoms with Crippen molar-refractivity contribution < 1.29 is 4.74 Å². The number of rotatable bonds is 14. The predicted octanol–water partition coefficient (Wildman–Crippen LogP) is 6.68. The van der Waals surface area contributed by atoms with E-state index in [2.05, 4.69) is 25.8 Å². The molecule has 0 bridgehead atoms. The van der Waals surface area contributed by atoms with E-state index >= 15 is 0 Å². The molecule has 0 radical (unpaired) electrons. The quantitative estimate of drug-likeness (QED) is 0.328. The molecule has 0 unspecified atom stereocenters. The fourth-order valence-electron chi connectivity index (χ4n) is 3.09. The fourth-order valence-corrected chi connectivity index (χ4v) is 3.09. The highest BCUT2D eigenvalue weighted by Gasteiger charge is 2.26. The van der Waals surface area contributed by atoms with Crippen molar-refractivity contribution in [1.29, 1.82) is 0 Å². The Morgan fingerprint density at radius 2 is 1.23 bits per heavy atom. The van der Waals surface area contributed by atoms with E-state index in [4.69, 9.17) is 4.74 Å². The van der Waals surface area contributed by atoms with Crippen LogP contribution >= 0.6 is 0 Å². The van der Waals surface area contributed by atoms with Gasteiger partial charge in [0.2, 0.25) is 0 Å². The molecular formula is C20H39NO. The molecule has 0 atom stereocenters. The van der Waals surface area contributed by atoms with E-state index in [9.17, 15) is 0 Å². The van der Waals surface area contributed by atoms with Gasteiger partial charge in [-0.15, -0.1) is 0 Å². The van der Waals surface area contributed by atoms with Gasteiger partial charge in [-0.25, -0.2) is 0 Å². The molecule has 0 aromatic carbocycles. The number of aliphatic imine (C=N–C) groups is 1. The summed E-state index contributed by atoms with van der Waals surface area (Å²) in [5.74, 6) is 0.994. The van der Waals surface area contributed by atoms with Crippen LogP contribution < -0.4 is 0 Å². The SMILES string of the molecule is CCCCCCCCCCCCCCCC1=NCC(C)(C)O1. The highest BCUT2D eigenvalue weighted by molar-refractivity contribution is 5.78. The third-order valence-electron chi connectivity index (χ3n) is 4.52. The lowest BCUT2D eigenvalue weighted by molar-refractivity contribution is 0.126. The molecule has 130 valence electrons. The van der Waals surface area contributed by atoms with Crippen molar-refractivity contribution in [2.75, 3.05) is 6.54 Å². The van der Waals surface area contributed by atoms with Crippen LogP contribution in [0.2, 0.25) is 0 Å². The van der Waals surface area contributed by atoms with Gasteiger partial charge in [-0.3, -0.25) is 4.99 Å². The van der Waals surface area contributed by atoms with Crippen molar-refractivity contribution in [3.05, 3.63) is 0 Å². The average Bonchev–Trinajstić information content (AvgIpc) is 2.83. The van der Waals surface area contributed by atoms with Crippen LogP contribution in [-0.2, 0) is 4.74 Å². The molecule has 0 N–H and O–H groups in total. The summed E-state index contributed by atoms with van der Waals surface area (Å²) in [5.41, 5.74) is -0.0497. The minimum atomic E-state index is -0.0497. The standard InChI is InChI=1S/C20H39NO/c1-4-5-6-7-8-9-10-11-12-13-14-15-16-17-19-21-18-20(2,3)22-19/h4-18H2,1-3H3. The lowest BCUT2D eigenvalue weighted by Gasteiger charge is -2.17. The van der Waals surface area contributed by atoms with Gasteiger partial charge in [-0.05, 0) is 20.3 Å². The minimum Gasteiger partial charge on any atom is -0.473 e. The second-order valence-corrected chi connectivity index (χ2v) is 7.56. The van der Waals surface area contributed by atoms with Crippen LogP contribution in [0.3, 0.4) is 0 Å².